The molecule has 0 saturated carbocycles. The predicted octanol–water partition coefficient (Wildman–Crippen LogP) is 3.46. The van der Waals surface area contributed by atoms with Crippen LogP contribution < -0.4 is 10.5 Å². The fourth-order valence-electron chi connectivity index (χ4n) is 3.94. The molecule has 1 fully saturated rings. The second-order valence-corrected chi connectivity index (χ2v) is 7.75. The quantitative estimate of drug-likeness (QED) is 0.468. The maximum absolute atomic E-state index is 13.3. The number of para-hydroxylation sites is 1. The van der Waals surface area contributed by atoms with Gasteiger partial charge in [0.05, 0.1) is 16.5 Å². The first-order valence-electron chi connectivity index (χ1n) is 9.82. The molecule has 0 atom stereocenters. The van der Waals surface area contributed by atoms with Crippen molar-refractivity contribution in [3.05, 3.63) is 87.8 Å². The highest BCUT2D eigenvalue weighted by molar-refractivity contribution is 6.31. The molecule has 4 aromatic rings. The van der Waals surface area contributed by atoms with Crippen LogP contribution in [0.4, 0.5) is 5.69 Å². The highest BCUT2D eigenvalue weighted by Crippen LogP contribution is 2.20. The van der Waals surface area contributed by atoms with Gasteiger partial charge in [-0.3, -0.25) is 14.0 Å². The van der Waals surface area contributed by atoms with Gasteiger partial charge in [-0.25, -0.2) is 4.98 Å². The number of hydrogen-bond donors (Lipinski definition) is 0. The van der Waals surface area contributed by atoms with E-state index in [1.165, 1.54) is 4.40 Å². The van der Waals surface area contributed by atoms with E-state index >= 15 is 0 Å². The van der Waals surface area contributed by atoms with E-state index in [9.17, 15) is 9.59 Å². The molecule has 0 radical (unpaired) electrons. The molecule has 1 aliphatic heterocycles. The molecule has 150 valence electrons. The number of aromatic nitrogens is 2. The number of piperazine rings is 1. The Morgan fingerprint density at radius 3 is 2.47 bits per heavy atom. The smallest absolute Gasteiger partial charge is 0.265 e. The average molecular weight is 419 g/mol. The first-order chi connectivity index (χ1) is 14.6. The SMILES string of the molecule is O=C(c1cccn2c(=O)c3ccc(Cl)cc3nc12)N1CCN(c2ccccc2)CC1. The van der Waals surface area contributed by atoms with Crippen LogP contribution in [-0.2, 0) is 0 Å². The van der Waals surface area contributed by atoms with Gasteiger partial charge in [0, 0.05) is 43.1 Å². The van der Waals surface area contributed by atoms with Gasteiger partial charge in [0.2, 0.25) is 0 Å². The number of hydrogen-bond acceptors (Lipinski definition) is 4. The van der Waals surface area contributed by atoms with Crippen LogP contribution in [0.15, 0.2) is 71.7 Å². The van der Waals surface area contributed by atoms with Crippen LogP contribution in [0.25, 0.3) is 16.6 Å². The first-order valence-corrected chi connectivity index (χ1v) is 10.2. The number of carbonyl (C=O) groups excluding carboxylic acids is 1. The van der Waals surface area contributed by atoms with Gasteiger partial charge < -0.3 is 9.80 Å². The highest BCUT2D eigenvalue weighted by Gasteiger charge is 2.24. The minimum Gasteiger partial charge on any atom is -0.368 e. The van der Waals surface area contributed by atoms with Crippen LogP contribution >= 0.6 is 11.6 Å². The van der Waals surface area contributed by atoms with Crippen molar-refractivity contribution in [2.45, 2.75) is 0 Å². The number of amides is 1. The summed E-state index contributed by atoms with van der Waals surface area (Å²) in [6.45, 7) is 2.73. The standard InChI is InChI=1S/C23H19ClN4O2/c24-16-8-9-18-20(15-16)25-21-19(7-4-10-28(21)23(18)30)22(29)27-13-11-26(12-14-27)17-5-2-1-3-6-17/h1-10,15H,11-14H2. The van der Waals surface area contributed by atoms with Crippen molar-refractivity contribution in [2.75, 3.05) is 31.1 Å². The summed E-state index contributed by atoms with van der Waals surface area (Å²) in [6, 6.07) is 18.6. The maximum atomic E-state index is 13.3. The summed E-state index contributed by atoms with van der Waals surface area (Å²) in [4.78, 5) is 34.9. The Hall–Kier alpha value is -3.38. The van der Waals surface area contributed by atoms with Crippen molar-refractivity contribution in [3.63, 3.8) is 0 Å². The molecule has 1 aliphatic rings. The Morgan fingerprint density at radius 2 is 1.70 bits per heavy atom. The van der Waals surface area contributed by atoms with Crippen molar-refractivity contribution in [1.29, 1.82) is 0 Å². The molecule has 7 heteroatoms. The van der Waals surface area contributed by atoms with Crippen LogP contribution in [0.1, 0.15) is 10.4 Å². The summed E-state index contributed by atoms with van der Waals surface area (Å²) < 4.78 is 1.43. The number of rotatable bonds is 2. The second-order valence-electron chi connectivity index (χ2n) is 7.31. The van der Waals surface area contributed by atoms with E-state index in [1.807, 2.05) is 23.1 Å². The van der Waals surface area contributed by atoms with E-state index in [0.29, 0.717) is 40.2 Å². The summed E-state index contributed by atoms with van der Waals surface area (Å²) in [5.74, 6) is -0.117. The first kappa shape index (κ1) is 18.6. The average Bonchev–Trinajstić information content (AvgIpc) is 2.79. The molecule has 1 saturated heterocycles. The normalized spacial score (nSPS) is 14.4. The van der Waals surface area contributed by atoms with Gasteiger partial charge in [0.25, 0.3) is 11.5 Å². The Labute approximate surface area is 177 Å². The number of nitrogens with zero attached hydrogens (tertiary/aromatic N) is 4. The van der Waals surface area contributed by atoms with Gasteiger partial charge >= 0.3 is 0 Å². The molecule has 5 rings (SSSR count). The lowest BCUT2D eigenvalue weighted by molar-refractivity contribution is 0.0748. The number of carbonyl (C=O) groups is 1. The zero-order chi connectivity index (χ0) is 20.7. The molecule has 1 amide bonds. The van der Waals surface area contributed by atoms with Crippen LogP contribution in [-0.4, -0.2) is 46.4 Å². The molecule has 0 aliphatic carbocycles. The molecular formula is C23H19ClN4O2. The molecule has 0 bridgehead atoms. The molecule has 0 unspecified atom stereocenters. The molecule has 6 nitrogen and oxygen atoms in total. The topological polar surface area (TPSA) is 57.9 Å². The molecular weight excluding hydrogens is 400 g/mol. The number of halogens is 1. The third-order valence-corrected chi connectivity index (χ3v) is 5.76. The number of anilines is 1. The van der Waals surface area contributed by atoms with Gasteiger partial charge in [-0.2, -0.15) is 0 Å². The Morgan fingerprint density at radius 1 is 0.933 bits per heavy atom. The van der Waals surface area contributed by atoms with Crippen molar-refractivity contribution < 1.29 is 4.79 Å². The van der Waals surface area contributed by atoms with Gasteiger partial charge in [-0.1, -0.05) is 29.8 Å². The summed E-state index contributed by atoms with van der Waals surface area (Å²) in [7, 11) is 0. The van der Waals surface area contributed by atoms with Gasteiger partial charge in [-0.05, 0) is 42.5 Å². The summed E-state index contributed by atoms with van der Waals surface area (Å²) in [6.07, 6.45) is 1.64. The Kier molecular flexibility index (Phi) is 4.64. The summed E-state index contributed by atoms with van der Waals surface area (Å²) >= 11 is 6.08. The Bertz CT molecular complexity index is 1310. The molecule has 0 N–H and O–H groups in total. The van der Waals surface area contributed by atoms with Crippen molar-refractivity contribution in [2.24, 2.45) is 0 Å². The fraction of sp³-hybridized carbons (Fsp3) is 0.174. The van der Waals surface area contributed by atoms with Crippen LogP contribution in [0.5, 0.6) is 0 Å². The maximum Gasteiger partial charge on any atom is 0.265 e. The molecule has 0 spiro atoms. The zero-order valence-electron chi connectivity index (χ0n) is 16.2. The van der Waals surface area contributed by atoms with Crippen LogP contribution in [0.2, 0.25) is 5.02 Å². The van der Waals surface area contributed by atoms with Gasteiger partial charge in [0.1, 0.15) is 0 Å². The van der Waals surface area contributed by atoms with Crippen molar-refractivity contribution in [1.82, 2.24) is 14.3 Å². The fourth-order valence-corrected chi connectivity index (χ4v) is 4.11. The van der Waals surface area contributed by atoms with Crippen LogP contribution in [0.3, 0.4) is 0 Å². The highest BCUT2D eigenvalue weighted by atomic mass is 35.5. The minimum atomic E-state index is -0.213. The molecule has 2 aromatic heterocycles. The van der Waals surface area contributed by atoms with Crippen molar-refractivity contribution >= 4 is 39.7 Å². The Balaban J connectivity index is 1.48. The molecule has 2 aromatic carbocycles. The zero-order valence-corrected chi connectivity index (χ0v) is 16.9. The monoisotopic (exact) mass is 418 g/mol. The van der Waals surface area contributed by atoms with Gasteiger partial charge in [0.15, 0.2) is 5.65 Å². The molecule has 30 heavy (non-hydrogen) atoms. The van der Waals surface area contributed by atoms with E-state index < -0.39 is 0 Å². The predicted molar refractivity (Wildman–Crippen MR) is 119 cm³/mol. The van der Waals surface area contributed by atoms with Crippen molar-refractivity contribution in [3.8, 4) is 0 Å². The van der Waals surface area contributed by atoms with Crippen LogP contribution in [0, 0.1) is 0 Å². The number of pyridine rings is 1. The molecule has 3 heterocycles. The third-order valence-electron chi connectivity index (χ3n) is 5.52. The number of fused-ring (bicyclic) bond motifs is 2. The summed E-state index contributed by atoms with van der Waals surface area (Å²) in [5.41, 5.74) is 2.21. The van der Waals surface area contributed by atoms with E-state index in [-0.39, 0.29) is 11.5 Å². The lowest BCUT2D eigenvalue weighted by Crippen LogP contribution is -2.49. The third kappa shape index (κ3) is 3.19. The minimum absolute atomic E-state index is 0.117. The van der Waals surface area contributed by atoms with E-state index in [2.05, 4.69) is 22.0 Å². The second kappa shape index (κ2) is 7.46. The largest absolute Gasteiger partial charge is 0.368 e. The van der Waals surface area contributed by atoms with Gasteiger partial charge in [-0.15, -0.1) is 0 Å². The van der Waals surface area contributed by atoms with E-state index in [4.69, 9.17) is 11.6 Å². The number of benzene rings is 2. The summed E-state index contributed by atoms with van der Waals surface area (Å²) in [5, 5.41) is 0.970. The lowest BCUT2D eigenvalue weighted by Gasteiger charge is -2.36. The van der Waals surface area contributed by atoms with E-state index in [0.717, 1.165) is 18.8 Å². The van der Waals surface area contributed by atoms with E-state index in [1.54, 1.807) is 36.5 Å². The lowest BCUT2D eigenvalue weighted by atomic mass is 10.1.